The lowest BCUT2D eigenvalue weighted by Crippen LogP contribution is -2.03. The summed E-state index contributed by atoms with van der Waals surface area (Å²) in [5.41, 5.74) is 2.10. The zero-order valence-corrected chi connectivity index (χ0v) is 12.7. The van der Waals surface area contributed by atoms with E-state index in [0.29, 0.717) is 17.1 Å². The Balaban J connectivity index is 2.05. The standard InChI is InChI=1S/C17H13FN4O2/c1-11-13(8-10-16(18)19-11)20-17-15(22(23)24)9-7-14(21-17)12-5-3-2-4-6-12/h2-10H,1H3,(H,20,21). The van der Waals surface area contributed by atoms with Gasteiger partial charge in [-0.05, 0) is 25.1 Å². The van der Waals surface area contributed by atoms with Gasteiger partial charge in [0.1, 0.15) is 0 Å². The lowest BCUT2D eigenvalue weighted by atomic mass is 10.1. The van der Waals surface area contributed by atoms with E-state index in [2.05, 4.69) is 15.3 Å². The van der Waals surface area contributed by atoms with Crippen molar-refractivity contribution >= 4 is 17.2 Å². The summed E-state index contributed by atoms with van der Waals surface area (Å²) in [7, 11) is 0. The van der Waals surface area contributed by atoms with Crippen LogP contribution in [0.2, 0.25) is 0 Å². The first-order valence-corrected chi connectivity index (χ1v) is 7.15. The summed E-state index contributed by atoms with van der Waals surface area (Å²) in [6.07, 6.45) is 0. The minimum atomic E-state index is -0.612. The van der Waals surface area contributed by atoms with E-state index < -0.39 is 10.9 Å². The number of nitrogens with zero attached hydrogens (tertiary/aromatic N) is 3. The Morgan fingerprint density at radius 2 is 1.79 bits per heavy atom. The van der Waals surface area contributed by atoms with E-state index in [1.807, 2.05) is 30.3 Å². The number of anilines is 2. The molecule has 0 spiro atoms. The molecule has 0 radical (unpaired) electrons. The van der Waals surface area contributed by atoms with Crippen molar-refractivity contribution in [3.63, 3.8) is 0 Å². The number of nitrogens with one attached hydrogen (secondary N) is 1. The normalized spacial score (nSPS) is 10.4. The minimum Gasteiger partial charge on any atom is -0.333 e. The van der Waals surface area contributed by atoms with Crippen LogP contribution in [0.25, 0.3) is 11.3 Å². The molecule has 0 aliphatic carbocycles. The van der Waals surface area contributed by atoms with Gasteiger partial charge in [0.25, 0.3) is 0 Å². The van der Waals surface area contributed by atoms with E-state index in [4.69, 9.17) is 0 Å². The Morgan fingerprint density at radius 3 is 2.46 bits per heavy atom. The molecule has 0 aliphatic heterocycles. The van der Waals surface area contributed by atoms with Crippen LogP contribution < -0.4 is 5.32 Å². The van der Waals surface area contributed by atoms with Gasteiger partial charge in [-0.2, -0.15) is 4.39 Å². The molecule has 7 heteroatoms. The van der Waals surface area contributed by atoms with Gasteiger partial charge in [0, 0.05) is 11.6 Å². The Bertz CT molecular complexity index is 900. The Morgan fingerprint density at radius 1 is 1.04 bits per heavy atom. The van der Waals surface area contributed by atoms with Crippen molar-refractivity contribution in [3.05, 3.63) is 76.4 Å². The maximum atomic E-state index is 13.1. The smallest absolute Gasteiger partial charge is 0.311 e. The number of halogens is 1. The summed E-state index contributed by atoms with van der Waals surface area (Å²) in [5.74, 6) is -0.531. The molecule has 0 fully saturated rings. The maximum absolute atomic E-state index is 13.1. The number of hydrogen-bond donors (Lipinski definition) is 1. The fourth-order valence-electron chi connectivity index (χ4n) is 2.25. The summed E-state index contributed by atoms with van der Waals surface area (Å²) in [6, 6.07) is 15.0. The van der Waals surface area contributed by atoms with Gasteiger partial charge in [-0.3, -0.25) is 10.1 Å². The molecule has 0 amide bonds. The molecule has 1 N–H and O–H groups in total. The Labute approximate surface area is 137 Å². The Hall–Kier alpha value is -3.35. The molecule has 2 aromatic heterocycles. The van der Waals surface area contributed by atoms with Crippen molar-refractivity contribution in [1.82, 2.24) is 9.97 Å². The molecule has 0 bridgehead atoms. The number of aryl methyl sites for hydroxylation is 1. The predicted molar refractivity (Wildman–Crippen MR) is 88.5 cm³/mol. The maximum Gasteiger partial charge on any atom is 0.311 e. The number of benzene rings is 1. The number of nitro groups is 1. The van der Waals surface area contributed by atoms with Crippen molar-refractivity contribution in [2.75, 3.05) is 5.32 Å². The molecule has 1 aromatic carbocycles. The highest BCUT2D eigenvalue weighted by Gasteiger charge is 2.18. The minimum absolute atomic E-state index is 0.0814. The molecule has 0 saturated carbocycles. The fourth-order valence-corrected chi connectivity index (χ4v) is 2.25. The topological polar surface area (TPSA) is 81.0 Å². The molecule has 0 aliphatic rings. The second kappa shape index (κ2) is 6.41. The van der Waals surface area contributed by atoms with Gasteiger partial charge in [0.2, 0.25) is 11.8 Å². The third-order valence-corrected chi connectivity index (χ3v) is 3.45. The average molecular weight is 324 g/mol. The third kappa shape index (κ3) is 3.19. The van der Waals surface area contributed by atoms with Gasteiger partial charge < -0.3 is 5.32 Å². The van der Waals surface area contributed by atoms with Crippen LogP contribution in [-0.2, 0) is 0 Å². The quantitative estimate of drug-likeness (QED) is 0.441. The second-order valence-electron chi connectivity index (χ2n) is 5.08. The highest BCUT2D eigenvalue weighted by atomic mass is 19.1. The second-order valence-corrected chi connectivity index (χ2v) is 5.08. The van der Waals surface area contributed by atoms with Crippen molar-refractivity contribution in [3.8, 4) is 11.3 Å². The van der Waals surface area contributed by atoms with Crippen LogP contribution in [0.3, 0.4) is 0 Å². The summed E-state index contributed by atoms with van der Waals surface area (Å²) >= 11 is 0. The monoisotopic (exact) mass is 324 g/mol. The first-order valence-electron chi connectivity index (χ1n) is 7.15. The van der Waals surface area contributed by atoms with Gasteiger partial charge >= 0.3 is 5.69 Å². The van der Waals surface area contributed by atoms with Crippen LogP contribution >= 0.6 is 0 Å². The Kier molecular flexibility index (Phi) is 4.15. The largest absolute Gasteiger partial charge is 0.333 e. The van der Waals surface area contributed by atoms with Crippen molar-refractivity contribution in [2.24, 2.45) is 0 Å². The SMILES string of the molecule is Cc1nc(F)ccc1Nc1nc(-c2ccccc2)ccc1[N+](=O)[O-]. The van der Waals surface area contributed by atoms with Gasteiger partial charge in [-0.25, -0.2) is 9.97 Å². The van der Waals surface area contributed by atoms with Crippen molar-refractivity contribution in [2.45, 2.75) is 6.92 Å². The molecular formula is C17H13FN4O2. The molecular weight excluding hydrogens is 311 g/mol. The van der Waals surface area contributed by atoms with E-state index in [1.54, 1.807) is 13.0 Å². The molecule has 0 saturated heterocycles. The van der Waals surface area contributed by atoms with Crippen LogP contribution in [-0.4, -0.2) is 14.9 Å². The number of aromatic nitrogens is 2. The summed E-state index contributed by atoms with van der Waals surface area (Å²) < 4.78 is 13.1. The van der Waals surface area contributed by atoms with E-state index in [9.17, 15) is 14.5 Å². The lowest BCUT2D eigenvalue weighted by Gasteiger charge is -2.10. The van der Waals surface area contributed by atoms with Gasteiger partial charge in [-0.1, -0.05) is 30.3 Å². The lowest BCUT2D eigenvalue weighted by molar-refractivity contribution is -0.384. The third-order valence-electron chi connectivity index (χ3n) is 3.45. The van der Waals surface area contributed by atoms with Gasteiger partial charge in [0.15, 0.2) is 0 Å². The number of pyridine rings is 2. The predicted octanol–water partition coefficient (Wildman–Crippen LogP) is 4.24. The van der Waals surface area contributed by atoms with Crippen LogP contribution in [0.1, 0.15) is 5.69 Å². The zero-order chi connectivity index (χ0) is 17.1. The van der Waals surface area contributed by atoms with Crippen LogP contribution in [0.5, 0.6) is 0 Å². The average Bonchev–Trinajstić information content (AvgIpc) is 2.58. The van der Waals surface area contributed by atoms with Crippen LogP contribution in [0.15, 0.2) is 54.6 Å². The molecule has 0 unspecified atom stereocenters. The highest BCUT2D eigenvalue weighted by molar-refractivity contribution is 5.71. The molecule has 2 heterocycles. The van der Waals surface area contributed by atoms with Gasteiger partial charge in [-0.15, -0.1) is 0 Å². The molecule has 0 atom stereocenters. The van der Waals surface area contributed by atoms with Crippen LogP contribution in [0.4, 0.5) is 21.6 Å². The fraction of sp³-hybridized carbons (Fsp3) is 0.0588. The van der Waals surface area contributed by atoms with Crippen molar-refractivity contribution < 1.29 is 9.31 Å². The first-order chi connectivity index (χ1) is 11.5. The van der Waals surface area contributed by atoms with E-state index >= 15 is 0 Å². The van der Waals surface area contributed by atoms with E-state index in [0.717, 1.165) is 5.56 Å². The summed E-state index contributed by atoms with van der Waals surface area (Å²) in [5, 5.41) is 14.1. The zero-order valence-electron chi connectivity index (χ0n) is 12.7. The molecule has 3 rings (SSSR count). The van der Waals surface area contributed by atoms with E-state index in [1.165, 1.54) is 18.2 Å². The molecule has 120 valence electrons. The number of rotatable bonds is 4. The van der Waals surface area contributed by atoms with Crippen LogP contribution in [0, 0.1) is 23.0 Å². The van der Waals surface area contributed by atoms with Crippen molar-refractivity contribution in [1.29, 1.82) is 0 Å². The van der Waals surface area contributed by atoms with Gasteiger partial charge in [0.05, 0.1) is 22.0 Å². The molecule has 24 heavy (non-hydrogen) atoms. The molecule has 3 aromatic rings. The van der Waals surface area contributed by atoms with E-state index in [-0.39, 0.29) is 11.5 Å². The molecule has 6 nitrogen and oxygen atoms in total. The first kappa shape index (κ1) is 15.5. The highest BCUT2D eigenvalue weighted by Crippen LogP contribution is 2.30. The number of hydrogen-bond acceptors (Lipinski definition) is 5. The summed E-state index contributed by atoms with van der Waals surface area (Å²) in [6.45, 7) is 1.61. The summed E-state index contributed by atoms with van der Waals surface area (Å²) in [4.78, 5) is 18.8.